The van der Waals surface area contributed by atoms with E-state index in [-0.39, 0.29) is 11.9 Å². The normalized spacial score (nSPS) is 13.7. The van der Waals surface area contributed by atoms with Crippen molar-refractivity contribution in [2.45, 2.75) is 45.9 Å². The molecular formula is C15H24N2O2. The third kappa shape index (κ3) is 5.30. The van der Waals surface area contributed by atoms with Gasteiger partial charge in [0, 0.05) is 12.6 Å². The molecule has 0 heterocycles. The van der Waals surface area contributed by atoms with Crippen LogP contribution in [-0.2, 0) is 11.3 Å². The minimum atomic E-state index is -0.482. The molecule has 4 heteroatoms. The summed E-state index contributed by atoms with van der Waals surface area (Å²) in [6, 6.07) is 7.94. The lowest BCUT2D eigenvalue weighted by Gasteiger charge is -2.17. The van der Waals surface area contributed by atoms with Crippen LogP contribution in [0.15, 0.2) is 24.3 Å². The maximum absolute atomic E-state index is 11.8. The van der Waals surface area contributed by atoms with Crippen LogP contribution >= 0.6 is 0 Å². The highest BCUT2D eigenvalue weighted by atomic mass is 16.5. The van der Waals surface area contributed by atoms with Crippen LogP contribution in [0.1, 0.15) is 32.8 Å². The van der Waals surface area contributed by atoms with Crippen LogP contribution in [0.25, 0.3) is 0 Å². The molecule has 106 valence electrons. The maximum Gasteiger partial charge on any atom is 0.260 e. The number of benzene rings is 1. The molecular weight excluding hydrogens is 240 g/mol. The van der Waals surface area contributed by atoms with E-state index in [1.807, 2.05) is 45.2 Å². The second kappa shape index (κ2) is 7.79. The Morgan fingerprint density at radius 2 is 1.89 bits per heavy atom. The summed E-state index contributed by atoms with van der Waals surface area (Å²) >= 11 is 0. The zero-order valence-corrected chi connectivity index (χ0v) is 12.2. The van der Waals surface area contributed by atoms with E-state index in [9.17, 15) is 4.79 Å². The fraction of sp³-hybridized carbons (Fsp3) is 0.533. The second-order valence-electron chi connectivity index (χ2n) is 4.75. The quantitative estimate of drug-likeness (QED) is 0.793. The molecule has 1 aromatic carbocycles. The van der Waals surface area contributed by atoms with Crippen molar-refractivity contribution >= 4 is 5.91 Å². The predicted octanol–water partition coefficient (Wildman–Crippen LogP) is 2.09. The van der Waals surface area contributed by atoms with Gasteiger partial charge >= 0.3 is 0 Å². The molecule has 1 amide bonds. The molecule has 0 bridgehead atoms. The third-order valence-corrected chi connectivity index (χ3v) is 2.99. The molecule has 2 N–H and O–H groups in total. The number of hydrogen-bond donors (Lipinski definition) is 2. The van der Waals surface area contributed by atoms with E-state index >= 15 is 0 Å². The average Bonchev–Trinajstić information content (AvgIpc) is 2.41. The first kappa shape index (κ1) is 15.5. The van der Waals surface area contributed by atoms with E-state index in [1.165, 1.54) is 5.56 Å². The average molecular weight is 264 g/mol. The number of rotatable bonds is 7. The van der Waals surface area contributed by atoms with Gasteiger partial charge in [-0.25, -0.2) is 0 Å². The first-order valence-corrected chi connectivity index (χ1v) is 6.77. The second-order valence-corrected chi connectivity index (χ2v) is 4.75. The summed E-state index contributed by atoms with van der Waals surface area (Å²) in [6.07, 6.45) is 0.432. The zero-order valence-electron chi connectivity index (χ0n) is 12.2. The van der Waals surface area contributed by atoms with Crippen molar-refractivity contribution in [3.05, 3.63) is 29.8 Å². The Morgan fingerprint density at radius 3 is 2.42 bits per heavy atom. The Hall–Kier alpha value is -1.55. The van der Waals surface area contributed by atoms with Crippen molar-refractivity contribution in [3.8, 4) is 5.75 Å². The highest BCUT2D eigenvalue weighted by Gasteiger charge is 2.15. The number of carbonyl (C=O) groups excluding carboxylic acids is 1. The van der Waals surface area contributed by atoms with E-state index in [1.54, 1.807) is 6.92 Å². The van der Waals surface area contributed by atoms with Crippen LogP contribution in [-0.4, -0.2) is 25.1 Å². The lowest BCUT2D eigenvalue weighted by atomic mass is 10.2. The van der Waals surface area contributed by atoms with E-state index in [4.69, 9.17) is 4.74 Å². The topological polar surface area (TPSA) is 50.4 Å². The summed E-state index contributed by atoms with van der Waals surface area (Å²) in [4.78, 5) is 11.8. The van der Waals surface area contributed by atoms with Crippen LogP contribution in [0.4, 0.5) is 0 Å². The fourth-order valence-corrected chi connectivity index (χ4v) is 1.61. The number of amides is 1. The highest BCUT2D eigenvalue weighted by molar-refractivity contribution is 5.80. The largest absolute Gasteiger partial charge is 0.481 e. The first-order valence-electron chi connectivity index (χ1n) is 6.77. The van der Waals surface area contributed by atoms with Gasteiger partial charge in [0.1, 0.15) is 5.75 Å². The Morgan fingerprint density at radius 1 is 1.26 bits per heavy atom. The molecule has 2 atom stereocenters. The molecule has 0 aliphatic rings. The first-order chi connectivity index (χ1) is 9.06. The Bertz CT molecular complexity index is 390. The van der Waals surface area contributed by atoms with Crippen molar-refractivity contribution in [1.29, 1.82) is 0 Å². The SMILES string of the molecule is CCC(C)NC(=O)C(C)Oc1ccc(CNC)cc1. The predicted molar refractivity (Wildman–Crippen MR) is 77.2 cm³/mol. The van der Waals surface area contributed by atoms with Crippen LogP contribution in [0.2, 0.25) is 0 Å². The third-order valence-electron chi connectivity index (χ3n) is 2.99. The summed E-state index contributed by atoms with van der Waals surface area (Å²) in [7, 11) is 1.91. The number of ether oxygens (including phenoxy) is 1. The highest BCUT2D eigenvalue weighted by Crippen LogP contribution is 2.14. The molecule has 0 spiro atoms. The lowest BCUT2D eigenvalue weighted by molar-refractivity contribution is -0.127. The molecule has 0 aliphatic heterocycles. The van der Waals surface area contributed by atoms with E-state index in [2.05, 4.69) is 10.6 Å². The Balaban J connectivity index is 2.51. The van der Waals surface area contributed by atoms with Gasteiger partial charge in [0.2, 0.25) is 0 Å². The molecule has 0 saturated carbocycles. The van der Waals surface area contributed by atoms with Gasteiger partial charge in [-0.05, 0) is 45.0 Å². The lowest BCUT2D eigenvalue weighted by Crippen LogP contribution is -2.40. The maximum atomic E-state index is 11.8. The van der Waals surface area contributed by atoms with Crippen LogP contribution in [0.3, 0.4) is 0 Å². The van der Waals surface area contributed by atoms with Crippen molar-refractivity contribution in [3.63, 3.8) is 0 Å². The van der Waals surface area contributed by atoms with Crippen molar-refractivity contribution < 1.29 is 9.53 Å². The van der Waals surface area contributed by atoms with Gasteiger partial charge in [0.05, 0.1) is 0 Å². The summed E-state index contributed by atoms with van der Waals surface area (Å²) < 4.78 is 5.62. The molecule has 0 aromatic heterocycles. The van der Waals surface area contributed by atoms with Crippen molar-refractivity contribution in [1.82, 2.24) is 10.6 Å². The van der Waals surface area contributed by atoms with Gasteiger partial charge in [0.25, 0.3) is 5.91 Å². The van der Waals surface area contributed by atoms with Crippen LogP contribution in [0.5, 0.6) is 5.75 Å². The van der Waals surface area contributed by atoms with Crippen LogP contribution in [0, 0.1) is 0 Å². The van der Waals surface area contributed by atoms with Gasteiger partial charge < -0.3 is 15.4 Å². The van der Waals surface area contributed by atoms with Crippen molar-refractivity contribution in [2.24, 2.45) is 0 Å². The Labute approximate surface area is 115 Å². The van der Waals surface area contributed by atoms with Gasteiger partial charge in [-0.3, -0.25) is 4.79 Å². The van der Waals surface area contributed by atoms with Crippen LogP contribution < -0.4 is 15.4 Å². The summed E-state index contributed by atoms with van der Waals surface area (Å²) in [5.41, 5.74) is 1.19. The smallest absolute Gasteiger partial charge is 0.260 e. The molecule has 0 aliphatic carbocycles. The summed E-state index contributed by atoms with van der Waals surface area (Å²) in [5.74, 6) is 0.639. The summed E-state index contributed by atoms with van der Waals surface area (Å²) in [5, 5.41) is 5.99. The molecule has 2 unspecified atom stereocenters. The van der Waals surface area contributed by atoms with E-state index in [0.717, 1.165) is 13.0 Å². The zero-order chi connectivity index (χ0) is 14.3. The van der Waals surface area contributed by atoms with Gasteiger partial charge in [0.15, 0.2) is 6.10 Å². The standard InChI is InChI=1S/C15H24N2O2/c1-5-11(2)17-15(18)12(3)19-14-8-6-13(7-9-14)10-16-4/h6-9,11-12,16H,5,10H2,1-4H3,(H,17,18). The Kier molecular flexibility index (Phi) is 6.36. The molecule has 0 fully saturated rings. The number of nitrogens with one attached hydrogen (secondary N) is 2. The fourth-order valence-electron chi connectivity index (χ4n) is 1.61. The molecule has 1 rings (SSSR count). The molecule has 1 aromatic rings. The van der Waals surface area contributed by atoms with Gasteiger partial charge in [-0.15, -0.1) is 0 Å². The minimum Gasteiger partial charge on any atom is -0.481 e. The molecule has 0 radical (unpaired) electrons. The minimum absolute atomic E-state index is 0.0753. The van der Waals surface area contributed by atoms with Crippen molar-refractivity contribution in [2.75, 3.05) is 7.05 Å². The molecule has 4 nitrogen and oxygen atoms in total. The summed E-state index contributed by atoms with van der Waals surface area (Å²) in [6.45, 7) is 6.61. The number of hydrogen-bond acceptors (Lipinski definition) is 3. The number of carbonyl (C=O) groups is 1. The monoisotopic (exact) mass is 264 g/mol. The molecule has 0 saturated heterocycles. The van der Waals surface area contributed by atoms with E-state index in [0.29, 0.717) is 5.75 Å². The van der Waals surface area contributed by atoms with Gasteiger partial charge in [-0.1, -0.05) is 19.1 Å². The molecule has 19 heavy (non-hydrogen) atoms. The van der Waals surface area contributed by atoms with Gasteiger partial charge in [-0.2, -0.15) is 0 Å². The van der Waals surface area contributed by atoms with E-state index < -0.39 is 6.10 Å².